The van der Waals surface area contributed by atoms with Crippen molar-refractivity contribution in [3.8, 4) is 0 Å². The minimum atomic E-state index is -0.911. The van der Waals surface area contributed by atoms with Gasteiger partial charge in [-0.1, -0.05) is 60.7 Å². The summed E-state index contributed by atoms with van der Waals surface area (Å²) < 4.78 is 0. The van der Waals surface area contributed by atoms with Gasteiger partial charge in [-0.25, -0.2) is 0 Å². The smallest absolute Gasteiger partial charge is 0.249 e. The van der Waals surface area contributed by atoms with Crippen molar-refractivity contribution in [1.29, 1.82) is 0 Å². The molecule has 31 heavy (non-hydrogen) atoms. The van der Waals surface area contributed by atoms with Gasteiger partial charge in [0, 0.05) is 12.8 Å². The summed E-state index contributed by atoms with van der Waals surface area (Å²) in [5.74, 6) is -1.27. The van der Waals surface area contributed by atoms with Crippen molar-refractivity contribution in [3.05, 3.63) is 53.1 Å². The zero-order chi connectivity index (χ0) is 21.5. The molecule has 1 N–H and O–H groups in total. The number of rotatable bonds is 7. The fourth-order valence-corrected chi connectivity index (χ4v) is 6.02. The van der Waals surface area contributed by atoms with E-state index in [0.29, 0.717) is 5.13 Å². The molecule has 5 atom stereocenters. The number of amides is 3. The Hall–Kier alpha value is -2.87. The average molecular weight is 437 g/mol. The van der Waals surface area contributed by atoms with Gasteiger partial charge in [0.25, 0.3) is 0 Å². The van der Waals surface area contributed by atoms with E-state index in [4.69, 9.17) is 0 Å². The number of nitrogens with one attached hydrogen (secondary N) is 1. The third-order valence-electron chi connectivity index (χ3n) is 6.55. The molecule has 1 aliphatic heterocycles. The number of allylic oxidation sites excluding steroid dienone is 2. The van der Waals surface area contributed by atoms with E-state index < -0.39 is 11.9 Å². The molecule has 0 unspecified atom stereocenters. The SMILES string of the molecule is CCCc1nnc(NC(=O)[C@H](Cc2ccccc2)N2C(=O)[C@H]3[C@H](C2=O)[C@H]2C=C[C@H]3C2)s1. The molecule has 7 nitrogen and oxygen atoms in total. The molecule has 1 aromatic carbocycles. The molecule has 2 heterocycles. The van der Waals surface area contributed by atoms with Crippen LogP contribution < -0.4 is 5.32 Å². The maximum Gasteiger partial charge on any atom is 0.249 e. The van der Waals surface area contributed by atoms with Crippen molar-refractivity contribution < 1.29 is 14.4 Å². The van der Waals surface area contributed by atoms with E-state index in [9.17, 15) is 14.4 Å². The zero-order valence-corrected chi connectivity index (χ0v) is 18.0. The molecule has 1 aromatic heterocycles. The number of imide groups is 1. The van der Waals surface area contributed by atoms with Crippen LogP contribution in [0.3, 0.4) is 0 Å². The second-order valence-corrected chi connectivity index (χ2v) is 9.55. The lowest BCUT2D eigenvalue weighted by Gasteiger charge is -2.26. The van der Waals surface area contributed by atoms with Crippen LogP contribution in [-0.4, -0.2) is 38.9 Å². The lowest BCUT2D eigenvalue weighted by Crippen LogP contribution is -2.49. The first-order valence-electron chi connectivity index (χ1n) is 10.8. The van der Waals surface area contributed by atoms with E-state index in [1.807, 2.05) is 30.3 Å². The number of carbonyl (C=O) groups is 3. The van der Waals surface area contributed by atoms with Gasteiger partial charge in [0.2, 0.25) is 22.9 Å². The van der Waals surface area contributed by atoms with Gasteiger partial charge in [-0.15, -0.1) is 10.2 Å². The Morgan fingerprint density at radius 3 is 2.45 bits per heavy atom. The highest BCUT2D eigenvalue weighted by molar-refractivity contribution is 7.15. The van der Waals surface area contributed by atoms with Crippen LogP contribution in [0.4, 0.5) is 5.13 Å². The van der Waals surface area contributed by atoms with Crippen LogP contribution in [0.1, 0.15) is 30.3 Å². The van der Waals surface area contributed by atoms with E-state index >= 15 is 0 Å². The number of benzene rings is 1. The second-order valence-electron chi connectivity index (χ2n) is 8.49. The highest BCUT2D eigenvalue weighted by Crippen LogP contribution is 2.53. The molecule has 5 rings (SSSR count). The van der Waals surface area contributed by atoms with E-state index in [0.717, 1.165) is 29.8 Å². The largest absolute Gasteiger partial charge is 0.299 e. The highest BCUT2D eigenvalue weighted by atomic mass is 32.1. The lowest BCUT2D eigenvalue weighted by molar-refractivity contribution is -0.147. The number of fused-ring (bicyclic) bond motifs is 5. The first-order chi connectivity index (χ1) is 15.1. The summed E-state index contributed by atoms with van der Waals surface area (Å²) in [5.41, 5.74) is 0.894. The monoisotopic (exact) mass is 436 g/mol. The summed E-state index contributed by atoms with van der Waals surface area (Å²) in [6.07, 6.45) is 6.99. The maximum absolute atomic E-state index is 13.3. The van der Waals surface area contributed by atoms with Crippen LogP contribution in [0.15, 0.2) is 42.5 Å². The zero-order valence-electron chi connectivity index (χ0n) is 17.2. The molecule has 160 valence electrons. The van der Waals surface area contributed by atoms with Gasteiger partial charge in [-0.2, -0.15) is 0 Å². The van der Waals surface area contributed by atoms with E-state index in [-0.39, 0.29) is 41.9 Å². The van der Waals surface area contributed by atoms with Gasteiger partial charge < -0.3 is 0 Å². The topological polar surface area (TPSA) is 92.3 Å². The molecule has 3 aliphatic rings. The molecule has 2 fully saturated rings. The van der Waals surface area contributed by atoms with Crippen molar-refractivity contribution in [2.45, 2.75) is 38.6 Å². The number of likely N-dealkylation sites (tertiary alicyclic amines) is 1. The molecule has 8 heteroatoms. The first kappa shape index (κ1) is 20.1. The summed E-state index contributed by atoms with van der Waals surface area (Å²) in [4.78, 5) is 41.2. The molecule has 1 saturated heterocycles. The van der Waals surface area contributed by atoms with Crippen LogP contribution in [0.25, 0.3) is 0 Å². The minimum Gasteiger partial charge on any atom is -0.299 e. The van der Waals surface area contributed by atoms with Crippen LogP contribution in [0.5, 0.6) is 0 Å². The molecule has 3 amide bonds. The lowest BCUT2D eigenvalue weighted by atomic mass is 9.85. The van der Waals surface area contributed by atoms with E-state index in [1.54, 1.807) is 0 Å². The van der Waals surface area contributed by atoms with Gasteiger partial charge >= 0.3 is 0 Å². The Morgan fingerprint density at radius 2 is 1.81 bits per heavy atom. The fraction of sp³-hybridized carbons (Fsp3) is 0.435. The van der Waals surface area contributed by atoms with Gasteiger partial charge in [-0.3, -0.25) is 24.6 Å². The van der Waals surface area contributed by atoms with Crippen molar-refractivity contribution in [1.82, 2.24) is 15.1 Å². The molecule has 1 saturated carbocycles. The van der Waals surface area contributed by atoms with Crippen LogP contribution in [0, 0.1) is 23.7 Å². The van der Waals surface area contributed by atoms with Crippen molar-refractivity contribution in [2.75, 3.05) is 5.32 Å². The van der Waals surface area contributed by atoms with Crippen LogP contribution in [0.2, 0.25) is 0 Å². The summed E-state index contributed by atoms with van der Waals surface area (Å²) in [6, 6.07) is 8.57. The number of aryl methyl sites for hydroxylation is 1. The standard InChI is InChI=1S/C23H24N4O3S/c1-2-6-17-25-26-23(31-17)24-20(28)16(11-13-7-4-3-5-8-13)27-21(29)18-14-9-10-15(12-14)19(18)22(27)30/h3-5,7-10,14-16,18-19H,2,6,11-12H2,1H3,(H,24,26,28)/t14-,15-,16-,18+,19+/m0/s1. The highest BCUT2D eigenvalue weighted by Gasteiger charge is 2.61. The van der Waals surface area contributed by atoms with Gasteiger partial charge in [0.15, 0.2) is 0 Å². The average Bonchev–Trinajstić information content (AvgIpc) is 3.53. The Labute approximate surface area is 184 Å². The summed E-state index contributed by atoms with van der Waals surface area (Å²) in [6.45, 7) is 2.05. The van der Waals surface area contributed by atoms with Gasteiger partial charge in [0.1, 0.15) is 11.0 Å². The van der Waals surface area contributed by atoms with Crippen LogP contribution >= 0.6 is 11.3 Å². The van der Waals surface area contributed by atoms with Crippen molar-refractivity contribution in [2.24, 2.45) is 23.7 Å². The number of carbonyl (C=O) groups excluding carboxylic acids is 3. The third-order valence-corrected chi connectivity index (χ3v) is 7.45. The number of aromatic nitrogens is 2. The van der Waals surface area contributed by atoms with Gasteiger partial charge in [-0.05, 0) is 30.2 Å². The third kappa shape index (κ3) is 3.48. The fourth-order valence-electron chi connectivity index (χ4n) is 5.18. The number of hydrogen-bond acceptors (Lipinski definition) is 6. The second kappa shape index (κ2) is 8.00. The van der Waals surface area contributed by atoms with Crippen LogP contribution in [-0.2, 0) is 27.2 Å². The molecule has 2 aromatic rings. The molecule has 0 spiro atoms. The van der Waals surface area contributed by atoms with Gasteiger partial charge in [0.05, 0.1) is 11.8 Å². The maximum atomic E-state index is 13.3. The quantitative estimate of drug-likeness (QED) is 0.532. The molecular weight excluding hydrogens is 412 g/mol. The van der Waals surface area contributed by atoms with E-state index in [2.05, 4.69) is 34.6 Å². The Balaban J connectivity index is 1.42. The van der Waals surface area contributed by atoms with Crippen molar-refractivity contribution in [3.63, 3.8) is 0 Å². The first-order valence-corrected chi connectivity index (χ1v) is 11.6. The summed E-state index contributed by atoms with van der Waals surface area (Å²) in [5, 5.41) is 12.2. The minimum absolute atomic E-state index is 0.108. The Morgan fingerprint density at radius 1 is 1.13 bits per heavy atom. The summed E-state index contributed by atoms with van der Waals surface area (Å²) >= 11 is 1.33. The predicted molar refractivity (Wildman–Crippen MR) is 116 cm³/mol. The van der Waals surface area contributed by atoms with Crippen molar-refractivity contribution >= 4 is 34.2 Å². The Bertz CT molecular complexity index is 1020. The predicted octanol–water partition coefficient (Wildman–Crippen LogP) is 2.85. The number of anilines is 1. The summed E-state index contributed by atoms with van der Waals surface area (Å²) in [7, 11) is 0. The molecule has 0 radical (unpaired) electrons. The normalized spacial score (nSPS) is 27.1. The number of nitrogens with zero attached hydrogens (tertiary/aromatic N) is 3. The number of hydrogen-bond donors (Lipinski definition) is 1. The van der Waals surface area contributed by atoms with E-state index in [1.165, 1.54) is 16.2 Å². The Kier molecular flexibility index (Phi) is 5.17. The molecule has 2 aliphatic carbocycles. The molecular formula is C23H24N4O3S. The molecule has 2 bridgehead atoms.